The summed E-state index contributed by atoms with van der Waals surface area (Å²) < 4.78 is 118. The zero-order valence-corrected chi connectivity index (χ0v) is 24.4. The van der Waals surface area contributed by atoms with Crippen LogP contribution in [0.1, 0.15) is 13.8 Å². The van der Waals surface area contributed by atoms with Crippen LogP contribution in [0.2, 0.25) is 0 Å². The standard InChI is InChI=1S/C30H24F9N5S/c1-3-44(4-2)21-13-9-19(10-14-21)40-42-25-17-18-26(24-8-6-5-7-23(24)25)43-41-20-11-15-22(16-12-20)45-30(38,39)28(33,34)27(31,32)29(35,36)37/h5-18H,3-4H2,1-2H3. The Morgan fingerprint density at radius 2 is 1.00 bits per heavy atom. The maximum absolute atomic E-state index is 14.0. The maximum Gasteiger partial charge on any atom is 0.460 e. The monoisotopic (exact) mass is 657 g/mol. The summed E-state index contributed by atoms with van der Waals surface area (Å²) in [5, 5.41) is 12.4. The molecule has 15 heteroatoms. The van der Waals surface area contributed by atoms with E-state index in [9.17, 15) is 39.5 Å². The second-order valence-corrected chi connectivity index (χ2v) is 10.7. The highest BCUT2D eigenvalue weighted by Gasteiger charge is 2.82. The van der Waals surface area contributed by atoms with Gasteiger partial charge in [-0.05, 0) is 86.3 Å². The normalized spacial score (nSPS) is 13.3. The van der Waals surface area contributed by atoms with Crippen molar-refractivity contribution >= 4 is 51.0 Å². The molecule has 4 rings (SSSR count). The van der Waals surface area contributed by atoms with E-state index in [4.69, 9.17) is 0 Å². The third kappa shape index (κ3) is 7.08. The van der Waals surface area contributed by atoms with Gasteiger partial charge in [-0.25, -0.2) is 0 Å². The third-order valence-electron chi connectivity index (χ3n) is 6.60. The van der Waals surface area contributed by atoms with E-state index in [1.165, 1.54) is 0 Å². The average Bonchev–Trinajstić information content (AvgIpc) is 3.00. The number of halogens is 9. The van der Waals surface area contributed by atoms with Crippen molar-refractivity contribution in [2.24, 2.45) is 20.5 Å². The van der Waals surface area contributed by atoms with E-state index >= 15 is 0 Å². The molecular weight excluding hydrogens is 633 g/mol. The van der Waals surface area contributed by atoms with Gasteiger partial charge in [-0.15, -0.1) is 10.2 Å². The highest BCUT2D eigenvalue weighted by Crippen LogP contribution is 2.58. The lowest BCUT2D eigenvalue weighted by Crippen LogP contribution is -2.59. The lowest BCUT2D eigenvalue weighted by atomic mass is 10.1. The van der Waals surface area contributed by atoms with Crippen molar-refractivity contribution in [1.29, 1.82) is 0 Å². The minimum Gasteiger partial charge on any atom is -0.372 e. The molecule has 0 N–H and O–H groups in total. The molecule has 0 aliphatic carbocycles. The quantitative estimate of drug-likeness (QED) is 0.0916. The maximum atomic E-state index is 14.0. The summed E-state index contributed by atoms with van der Waals surface area (Å²) in [5.41, 5.74) is 2.73. The number of benzene rings is 4. The van der Waals surface area contributed by atoms with E-state index in [2.05, 4.69) is 39.2 Å². The summed E-state index contributed by atoms with van der Waals surface area (Å²) in [4.78, 5) is 1.50. The fourth-order valence-electron chi connectivity index (χ4n) is 4.14. The van der Waals surface area contributed by atoms with Gasteiger partial charge in [-0.3, -0.25) is 0 Å². The summed E-state index contributed by atoms with van der Waals surface area (Å²) in [6, 6.07) is 21.8. The van der Waals surface area contributed by atoms with Gasteiger partial charge in [0.05, 0.1) is 22.7 Å². The summed E-state index contributed by atoms with van der Waals surface area (Å²) in [5.74, 6) is -13.7. The number of nitrogens with zero attached hydrogens (tertiary/aromatic N) is 5. The predicted octanol–water partition coefficient (Wildman–Crippen LogP) is 12.0. The Morgan fingerprint density at radius 1 is 0.556 bits per heavy atom. The van der Waals surface area contributed by atoms with Crippen molar-refractivity contribution in [3.05, 3.63) is 84.9 Å². The molecule has 0 heterocycles. The van der Waals surface area contributed by atoms with Gasteiger partial charge in [0.15, 0.2) is 0 Å². The molecule has 4 aromatic carbocycles. The molecule has 0 radical (unpaired) electrons. The van der Waals surface area contributed by atoms with Crippen molar-refractivity contribution in [2.75, 3.05) is 18.0 Å². The van der Waals surface area contributed by atoms with Gasteiger partial charge >= 0.3 is 23.3 Å². The van der Waals surface area contributed by atoms with Gasteiger partial charge < -0.3 is 4.90 Å². The minimum atomic E-state index is -6.96. The van der Waals surface area contributed by atoms with Crippen LogP contribution in [0.4, 0.5) is 68.0 Å². The van der Waals surface area contributed by atoms with E-state index in [-0.39, 0.29) is 5.69 Å². The summed E-state index contributed by atoms with van der Waals surface area (Å²) in [6.45, 7) is 5.88. The van der Waals surface area contributed by atoms with E-state index in [1.807, 2.05) is 24.3 Å². The van der Waals surface area contributed by atoms with Gasteiger partial charge in [0.25, 0.3) is 0 Å². The van der Waals surface area contributed by atoms with Crippen LogP contribution in [0.15, 0.2) is 110 Å². The van der Waals surface area contributed by atoms with Crippen LogP contribution in [0.25, 0.3) is 10.8 Å². The van der Waals surface area contributed by atoms with Crippen LogP contribution >= 0.6 is 11.8 Å². The number of hydrogen-bond donors (Lipinski definition) is 0. The molecule has 238 valence electrons. The number of thioether (sulfide) groups is 1. The van der Waals surface area contributed by atoms with Crippen molar-refractivity contribution < 1.29 is 39.5 Å². The first-order valence-electron chi connectivity index (χ1n) is 13.3. The predicted molar refractivity (Wildman–Crippen MR) is 155 cm³/mol. The fraction of sp³-hybridized carbons (Fsp3) is 0.267. The zero-order chi connectivity index (χ0) is 33.0. The molecule has 0 amide bonds. The second kappa shape index (κ2) is 13.1. The lowest BCUT2D eigenvalue weighted by Gasteiger charge is -2.33. The van der Waals surface area contributed by atoms with Crippen LogP contribution in [-0.4, -0.2) is 36.4 Å². The number of fused-ring (bicyclic) bond motifs is 1. The number of hydrogen-bond acceptors (Lipinski definition) is 6. The van der Waals surface area contributed by atoms with Crippen molar-refractivity contribution in [3.63, 3.8) is 0 Å². The number of alkyl halides is 9. The molecular formula is C30H24F9N5S. The van der Waals surface area contributed by atoms with Crippen molar-refractivity contribution in [3.8, 4) is 0 Å². The average molecular weight is 658 g/mol. The number of anilines is 1. The van der Waals surface area contributed by atoms with Crippen LogP contribution in [0.5, 0.6) is 0 Å². The van der Waals surface area contributed by atoms with E-state index in [1.54, 1.807) is 36.4 Å². The molecule has 0 unspecified atom stereocenters. The van der Waals surface area contributed by atoms with E-state index in [0.717, 1.165) is 43.0 Å². The largest absolute Gasteiger partial charge is 0.460 e. The first kappa shape index (κ1) is 33.7. The van der Waals surface area contributed by atoms with E-state index < -0.39 is 39.9 Å². The molecule has 4 aromatic rings. The molecule has 0 spiro atoms. The smallest absolute Gasteiger partial charge is 0.372 e. The number of azo groups is 2. The molecule has 0 fully saturated rings. The molecule has 0 aromatic heterocycles. The zero-order valence-electron chi connectivity index (χ0n) is 23.5. The third-order valence-corrected chi connectivity index (χ3v) is 7.62. The second-order valence-electron chi connectivity index (χ2n) is 9.50. The topological polar surface area (TPSA) is 52.7 Å². The first-order chi connectivity index (χ1) is 21.1. The van der Waals surface area contributed by atoms with E-state index in [0.29, 0.717) is 27.8 Å². The molecule has 0 saturated heterocycles. The number of rotatable bonds is 11. The van der Waals surface area contributed by atoms with Crippen molar-refractivity contribution in [1.82, 2.24) is 0 Å². The highest BCUT2D eigenvalue weighted by atomic mass is 32.2. The highest BCUT2D eigenvalue weighted by molar-refractivity contribution is 8.00. The Balaban J connectivity index is 1.51. The molecule has 0 atom stereocenters. The van der Waals surface area contributed by atoms with Gasteiger partial charge in [0, 0.05) is 34.4 Å². The lowest BCUT2D eigenvalue weighted by molar-refractivity contribution is -0.381. The fourth-order valence-corrected chi connectivity index (χ4v) is 4.96. The van der Waals surface area contributed by atoms with Gasteiger partial charge in [0.2, 0.25) is 0 Å². The Hall–Kier alpha value is -4.14. The molecule has 0 aliphatic heterocycles. The summed E-state index contributed by atoms with van der Waals surface area (Å²) in [7, 11) is 0. The molecule has 5 nitrogen and oxygen atoms in total. The minimum absolute atomic E-state index is 0.0658. The van der Waals surface area contributed by atoms with Crippen LogP contribution < -0.4 is 4.90 Å². The van der Waals surface area contributed by atoms with Gasteiger partial charge in [0.1, 0.15) is 0 Å². The van der Waals surface area contributed by atoms with Crippen LogP contribution in [0.3, 0.4) is 0 Å². The summed E-state index contributed by atoms with van der Waals surface area (Å²) in [6.07, 6.45) is -6.88. The SMILES string of the molecule is CCN(CC)c1ccc(N=Nc2ccc(N=Nc3ccc(SC(F)(F)C(F)(F)C(F)(F)C(F)(F)F)cc3)c3ccccc23)cc1. The Bertz CT molecular complexity index is 1670. The molecule has 0 saturated carbocycles. The van der Waals surface area contributed by atoms with Crippen molar-refractivity contribution in [2.45, 2.75) is 42.0 Å². The Morgan fingerprint density at radius 3 is 1.42 bits per heavy atom. The van der Waals surface area contributed by atoms with Gasteiger partial charge in [-0.2, -0.15) is 49.7 Å². The Labute approximate surface area is 255 Å². The van der Waals surface area contributed by atoms with Gasteiger partial charge in [-0.1, -0.05) is 24.3 Å². The van der Waals surface area contributed by atoms with Crippen LogP contribution in [-0.2, 0) is 0 Å². The first-order valence-corrected chi connectivity index (χ1v) is 14.1. The summed E-state index contributed by atoms with van der Waals surface area (Å²) >= 11 is -1.13. The molecule has 0 bridgehead atoms. The molecule has 0 aliphatic rings. The Kier molecular flexibility index (Phi) is 9.80. The molecule has 45 heavy (non-hydrogen) atoms. The van der Waals surface area contributed by atoms with Crippen LogP contribution in [0, 0.1) is 0 Å².